The van der Waals surface area contributed by atoms with Crippen LogP contribution in [0.3, 0.4) is 0 Å². The van der Waals surface area contributed by atoms with Gasteiger partial charge in [-0.1, -0.05) is 31.9 Å². The predicted molar refractivity (Wildman–Crippen MR) is 73.6 cm³/mol. The van der Waals surface area contributed by atoms with E-state index in [0.717, 1.165) is 19.3 Å². The van der Waals surface area contributed by atoms with Crippen LogP contribution in [0.15, 0.2) is 12.2 Å². The lowest BCUT2D eigenvalue weighted by atomic mass is 9.98. The van der Waals surface area contributed by atoms with Crippen molar-refractivity contribution in [2.24, 2.45) is 5.92 Å². The van der Waals surface area contributed by atoms with E-state index in [9.17, 15) is 15.0 Å². The van der Waals surface area contributed by atoms with Crippen LogP contribution < -0.4 is 0 Å². The van der Waals surface area contributed by atoms with Gasteiger partial charge in [-0.25, -0.2) is 0 Å². The van der Waals surface area contributed by atoms with Crippen LogP contribution >= 0.6 is 0 Å². The predicted octanol–water partition coefficient (Wildman–Crippen LogP) is 2.19. The third kappa shape index (κ3) is 5.33. The number of unbranched alkanes of at least 4 members (excludes halogenated alkanes) is 2. The molecule has 0 aromatic rings. The number of cyclic esters (lactones) is 1. The van der Waals surface area contributed by atoms with Crippen molar-refractivity contribution in [3.05, 3.63) is 12.2 Å². The van der Waals surface area contributed by atoms with Crippen molar-refractivity contribution in [2.45, 2.75) is 70.7 Å². The highest BCUT2D eigenvalue weighted by molar-refractivity contribution is 5.73. The summed E-state index contributed by atoms with van der Waals surface area (Å²) in [7, 11) is 0. The average Bonchev–Trinajstić information content (AvgIpc) is 2.40. The Morgan fingerprint density at radius 1 is 1.37 bits per heavy atom. The zero-order valence-electron chi connectivity index (χ0n) is 11.9. The molecule has 4 atom stereocenters. The highest BCUT2D eigenvalue weighted by Gasteiger charge is 2.28. The van der Waals surface area contributed by atoms with E-state index in [1.54, 1.807) is 13.0 Å². The van der Waals surface area contributed by atoms with Gasteiger partial charge in [0, 0.05) is 0 Å². The monoisotopic (exact) mass is 270 g/mol. The number of aliphatic hydroxyl groups is 2. The summed E-state index contributed by atoms with van der Waals surface area (Å²) >= 11 is 0. The van der Waals surface area contributed by atoms with E-state index in [1.807, 2.05) is 6.08 Å². The zero-order valence-corrected chi connectivity index (χ0v) is 11.9. The molecule has 0 saturated carbocycles. The molecule has 1 aliphatic rings. The Kier molecular flexibility index (Phi) is 7.10. The minimum atomic E-state index is -0.806. The van der Waals surface area contributed by atoms with Gasteiger partial charge in [-0.3, -0.25) is 4.79 Å². The molecule has 0 spiro atoms. The Morgan fingerprint density at radius 3 is 2.79 bits per heavy atom. The number of carbonyl (C=O) groups is 1. The summed E-state index contributed by atoms with van der Waals surface area (Å²) in [5, 5.41) is 19.9. The maximum Gasteiger partial charge on any atom is 0.311 e. The second-order valence-electron chi connectivity index (χ2n) is 5.32. The minimum Gasteiger partial charge on any atom is -0.459 e. The van der Waals surface area contributed by atoms with Crippen LogP contribution in [0.2, 0.25) is 0 Å². The molecule has 0 amide bonds. The number of aliphatic hydroxyl groups excluding tert-OH is 2. The van der Waals surface area contributed by atoms with Gasteiger partial charge in [0.2, 0.25) is 0 Å². The molecular weight excluding hydrogens is 244 g/mol. The van der Waals surface area contributed by atoms with Crippen LogP contribution in [0.1, 0.15) is 52.4 Å². The third-order valence-corrected chi connectivity index (χ3v) is 3.64. The summed E-state index contributed by atoms with van der Waals surface area (Å²) in [4.78, 5) is 11.9. The van der Waals surface area contributed by atoms with Crippen molar-refractivity contribution in [3.8, 4) is 0 Å². The molecule has 0 aromatic carbocycles. The van der Waals surface area contributed by atoms with Crippen molar-refractivity contribution in [2.75, 3.05) is 0 Å². The van der Waals surface area contributed by atoms with Gasteiger partial charge in [-0.15, -0.1) is 0 Å². The lowest BCUT2D eigenvalue weighted by Gasteiger charge is -2.26. The molecule has 4 heteroatoms. The molecule has 0 saturated heterocycles. The molecule has 0 aromatic heterocycles. The topological polar surface area (TPSA) is 66.8 Å². The van der Waals surface area contributed by atoms with E-state index in [4.69, 9.17) is 4.74 Å². The number of allylic oxidation sites excluding steroid dienone is 1. The second kappa shape index (κ2) is 8.33. The van der Waals surface area contributed by atoms with Crippen LogP contribution in [0.5, 0.6) is 0 Å². The fourth-order valence-electron chi connectivity index (χ4n) is 2.18. The van der Waals surface area contributed by atoms with Crippen molar-refractivity contribution in [3.63, 3.8) is 0 Å². The Morgan fingerprint density at radius 2 is 2.11 bits per heavy atom. The Hall–Kier alpha value is -0.870. The van der Waals surface area contributed by atoms with Crippen molar-refractivity contribution < 1.29 is 19.7 Å². The maximum absolute atomic E-state index is 11.9. The smallest absolute Gasteiger partial charge is 0.311 e. The van der Waals surface area contributed by atoms with E-state index in [-0.39, 0.29) is 0 Å². The van der Waals surface area contributed by atoms with Gasteiger partial charge >= 0.3 is 5.97 Å². The first-order chi connectivity index (χ1) is 9.06. The van der Waals surface area contributed by atoms with Gasteiger partial charge in [-0.05, 0) is 32.6 Å². The maximum atomic E-state index is 11.9. The Labute approximate surface area is 115 Å². The molecule has 0 aliphatic carbocycles. The molecule has 4 nitrogen and oxygen atoms in total. The van der Waals surface area contributed by atoms with Gasteiger partial charge in [0.15, 0.2) is 0 Å². The van der Waals surface area contributed by atoms with Crippen molar-refractivity contribution in [1.82, 2.24) is 0 Å². The van der Waals surface area contributed by atoms with E-state index >= 15 is 0 Å². The number of esters is 1. The molecule has 1 heterocycles. The van der Waals surface area contributed by atoms with Gasteiger partial charge in [0.05, 0.1) is 18.1 Å². The zero-order chi connectivity index (χ0) is 14.3. The van der Waals surface area contributed by atoms with E-state index in [1.165, 1.54) is 0 Å². The molecule has 1 rings (SSSR count). The average molecular weight is 270 g/mol. The number of carbonyl (C=O) groups excluding carboxylic acids is 1. The summed E-state index contributed by atoms with van der Waals surface area (Å²) < 4.78 is 5.39. The minimum absolute atomic E-state index is 0.431. The number of ether oxygens (including phenoxy) is 1. The highest BCUT2D eigenvalue weighted by Crippen LogP contribution is 2.19. The molecule has 1 aliphatic heterocycles. The summed E-state index contributed by atoms with van der Waals surface area (Å²) in [6.07, 6.45) is 6.60. The molecule has 2 N–H and O–H groups in total. The van der Waals surface area contributed by atoms with E-state index in [0.29, 0.717) is 19.3 Å². The summed E-state index contributed by atoms with van der Waals surface area (Å²) in [6, 6.07) is 0. The van der Waals surface area contributed by atoms with E-state index < -0.39 is 30.2 Å². The molecule has 0 bridgehead atoms. The van der Waals surface area contributed by atoms with Crippen LogP contribution in [0.25, 0.3) is 0 Å². The van der Waals surface area contributed by atoms with E-state index in [2.05, 4.69) is 6.92 Å². The molecule has 0 fully saturated rings. The normalized spacial score (nSPS) is 32.9. The van der Waals surface area contributed by atoms with Crippen LogP contribution in [-0.2, 0) is 9.53 Å². The summed E-state index contributed by atoms with van der Waals surface area (Å²) in [5.41, 5.74) is 0. The summed E-state index contributed by atoms with van der Waals surface area (Å²) in [5.74, 6) is -1.02. The fraction of sp³-hybridized carbons (Fsp3) is 0.800. The lowest BCUT2D eigenvalue weighted by Crippen LogP contribution is -2.36. The first-order valence-corrected chi connectivity index (χ1v) is 7.29. The highest BCUT2D eigenvalue weighted by atomic mass is 16.6. The quantitative estimate of drug-likeness (QED) is 0.467. The number of rotatable bonds is 4. The SMILES string of the molecule is CCCCC[C@H]1OC(=O)[C@@H](C)[C@H](O)C=CCC[C@@H]1O. The number of hydrogen-bond acceptors (Lipinski definition) is 4. The Bertz CT molecular complexity index is 301. The van der Waals surface area contributed by atoms with Gasteiger partial charge in [-0.2, -0.15) is 0 Å². The van der Waals surface area contributed by atoms with Gasteiger partial charge < -0.3 is 14.9 Å². The molecule has 0 radical (unpaired) electrons. The molecular formula is C15H26O4. The second-order valence-corrected chi connectivity index (χ2v) is 5.32. The van der Waals surface area contributed by atoms with Gasteiger partial charge in [0.25, 0.3) is 0 Å². The standard InChI is InChI=1S/C15H26O4/c1-3-4-5-10-14-13(17)9-7-6-8-12(16)11(2)15(18)19-14/h6,8,11-14,16-17H,3-5,7,9-10H2,1-2H3/t11-,12+,13-,14+/m0/s1. The summed E-state index contributed by atoms with van der Waals surface area (Å²) in [6.45, 7) is 3.76. The van der Waals surface area contributed by atoms with Crippen LogP contribution in [0, 0.1) is 5.92 Å². The van der Waals surface area contributed by atoms with Crippen molar-refractivity contribution >= 4 is 5.97 Å². The first kappa shape index (κ1) is 16.2. The molecule has 110 valence electrons. The van der Waals surface area contributed by atoms with Crippen molar-refractivity contribution in [1.29, 1.82) is 0 Å². The Balaban J connectivity index is 2.67. The van der Waals surface area contributed by atoms with Crippen LogP contribution in [0.4, 0.5) is 0 Å². The van der Waals surface area contributed by atoms with Gasteiger partial charge in [0.1, 0.15) is 6.10 Å². The molecule has 19 heavy (non-hydrogen) atoms. The third-order valence-electron chi connectivity index (χ3n) is 3.64. The fourth-order valence-corrected chi connectivity index (χ4v) is 2.18. The first-order valence-electron chi connectivity index (χ1n) is 7.29. The molecule has 0 unspecified atom stereocenters. The number of hydrogen-bond donors (Lipinski definition) is 2. The largest absolute Gasteiger partial charge is 0.459 e. The lowest BCUT2D eigenvalue weighted by molar-refractivity contribution is -0.163. The van der Waals surface area contributed by atoms with Crippen LogP contribution in [-0.4, -0.2) is 34.5 Å².